The fraction of sp³-hybridized carbons (Fsp3) is 0.697. The number of carbonyl (C=O) groups excluding carboxylic acids is 12. The molecule has 1 aromatic carbocycles. The van der Waals surface area contributed by atoms with Gasteiger partial charge in [0.1, 0.15) is 83.8 Å². The van der Waals surface area contributed by atoms with Gasteiger partial charge in [0.15, 0.2) is 12.8 Å². The van der Waals surface area contributed by atoms with Crippen molar-refractivity contribution < 1.29 is 148 Å². The van der Waals surface area contributed by atoms with E-state index in [-0.39, 0.29) is 78.7 Å². The Balaban J connectivity index is 1.74. The van der Waals surface area contributed by atoms with E-state index in [1.807, 2.05) is 39.6 Å². The van der Waals surface area contributed by atoms with Crippen molar-refractivity contribution in [1.82, 2.24) is 62.9 Å². The van der Waals surface area contributed by atoms with Gasteiger partial charge >= 0.3 is 30.0 Å². The van der Waals surface area contributed by atoms with Crippen LogP contribution in [-0.4, -0.2) is 320 Å². The highest BCUT2D eigenvalue weighted by molar-refractivity contribution is 8.76. The number of ether oxygens (including phenoxy) is 3. The van der Waals surface area contributed by atoms with E-state index in [0.29, 0.717) is 31.4 Å². The van der Waals surface area contributed by atoms with Crippen LogP contribution in [0.3, 0.4) is 0 Å². The largest absolute Gasteiger partial charge is 0.508 e. The molecule has 45 heteroatoms. The maximum Gasteiger partial charge on any atom is 0.426 e. The lowest BCUT2D eigenvalue weighted by Crippen LogP contribution is -2.59. The summed E-state index contributed by atoms with van der Waals surface area (Å²) in [4.78, 5) is 195. The molecule has 2 aromatic rings. The summed E-state index contributed by atoms with van der Waals surface area (Å²) in [5.41, 5.74) is 4.90. The topological polar surface area (TPSA) is 657 Å². The van der Waals surface area contributed by atoms with Crippen molar-refractivity contribution in [1.29, 1.82) is 0 Å². The summed E-state index contributed by atoms with van der Waals surface area (Å²) in [5.74, 6) is -15.1. The lowest BCUT2D eigenvalue weighted by Gasteiger charge is -2.39. The average Bonchev–Trinajstić information content (AvgIpc) is 1.80. The molecular formula is C76H122N12O30S3. The van der Waals surface area contributed by atoms with Crippen molar-refractivity contribution in [2.45, 2.75) is 249 Å². The Morgan fingerprint density at radius 3 is 1.74 bits per heavy atom. The Labute approximate surface area is 712 Å². The quantitative estimate of drug-likeness (QED) is 0.00796. The van der Waals surface area contributed by atoms with Crippen LogP contribution in [0.5, 0.6) is 5.75 Å². The number of aromatic hydroxyl groups is 1. The van der Waals surface area contributed by atoms with Crippen molar-refractivity contribution in [2.75, 3.05) is 64.7 Å². The zero-order valence-electron chi connectivity index (χ0n) is 69.2. The van der Waals surface area contributed by atoms with E-state index < -0.39 is 257 Å². The Morgan fingerprint density at radius 1 is 0.645 bits per heavy atom. The number of thiazole rings is 1. The number of likely N-dealkylation sites (tertiary alicyclic amines) is 1. The molecular weight excluding hydrogens is 1660 g/mol. The van der Waals surface area contributed by atoms with Gasteiger partial charge in [-0.15, -0.1) is 11.3 Å². The Bertz CT molecular complexity index is 3650. The number of phenolic OH excluding ortho intramolecular Hbond substituents is 1. The van der Waals surface area contributed by atoms with Crippen molar-refractivity contribution >= 4 is 116 Å². The second-order valence-electron chi connectivity index (χ2n) is 30.0. The van der Waals surface area contributed by atoms with Gasteiger partial charge in [-0.1, -0.05) is 95.0 Å². The molecule has 0 spiro atoms. The number of nitrogens with one attached hydrogen (secondary N) is 9. The van der Waals surface area contributed by atoms with E-state index >= 15 is 4.79 Å². The van der Waals surface area contributed by atoms with Gasteiger partial charge in [0.05, 0.1) is 31.5 Å². The van der Waals surface area contributed by atoms with Gasteiger partial charge in [0.2, 0.25) is 47.3 Å². The standard InChI is InChI=1S/C76H122N12O30S3/c1-10-14-61(101)117-38-88(74(112)62(40(5)11-2)84-72(111)51-15-12-13-26-87(51)9)52(39(3)4)31-57(118-43(8)91)73-83-49(36-119-73)71(110)79-45(30-44-17-19-46(92)20-18-44)29-42(7)68(107)85-86-76(115)116-27-28-120-121-37-50(75(113)114)82-70(109)47(21-24-59(98)78-33-54(94)64(103)66(105)56(96)35-90)81-69(108)48(22-25-60(99)100)80-67(106)41(6)16-23-58(97)77-32-53(93)63(102)65(104)55(95)34-89/h17-20,36,39-42,45,47-48,50-57,62-66,89-90,92-96,102-105H,10-16,21-35,37-38H2,1-9H3,(H,77,97)(H,78,98)(H,79,110)(H,80,106)(H,81,108)(H,82,109)(H,84,111)(H,85,107)(H,86,115)(H,99,100)(H,113,114)/t40?,41-,42-,45+,47-,48-,50-,51+,52+,53-,54-,55+,56+,57+,62-,63+,64+,65+,66+/m0/s1. The highest BCUT2D eigenvalue weighted by Gasteiger charge is 2.41. The number of benzene rings is 1. The van der Waals surface area contributed by atoms with Gasteiger partial charge in [-0.05, 0) is 94.5 Å². The Hall–Kier alpha value is -8.71. The number of esters is 2. The number of rotatable bonds is 56. The number of phenols is 1. The molecule has 121 heavy (non-hydrogen) atoms. The predicted molar refractivity (Wildman–Crippen MR) is 435 cm³/mol. The number of aliphatic hydroxyl groups is 10. The third-order valence-electron chi connectivity index (χ3n) is 19.9. The van der Waals surface area contributed by atoms with Gasteiger partial charge in [-0.2, -0.15) is 0 Å². The number of aromatic nitrogens is 1. The molecule has 0 saturated carbocycles. The summed E-state index contributed by atoms with van der Waals surface area (Å²) < 4.78 is 16.8. The number of likely N-dealkylation sites (N-methyl/N-ethyl adjacent to an activating group) is 1. The third-order valence-corrected chi connectivity index (χ3v) is 23.2. The van der Waals surface area contributed by atoms with Gasteiger partial charge in [0, 0.05) is 92.9 Å². The molecule has 22 N–H and O–H groups in total. The van der Waals surface area contributed by atoms with Crippen LogP contribution >= 0.6 is 32.9 Å². The normalized spacial score (nSPS) is 17.4. The Morgan fingerprint density at radius 2 is 1.21 bits per heavy atom. The molecule has 1 aliphatic heterocycles. The smallest absolute Gasteiger partial charge is 0.426 e. The van der Waals surface area contributed by atoms with E-state index in [2.05, 4.69) is 53.1 Å². The first kappa shape index (κ1) is 106. The Kier molecular flexibility index (Phi) is 48.8. The fourth-order valence-electron chi connectivity index (χ4n) is 12.3. The van der Waals surface area contributed by atoms with Crippen molar-refractivity contribution in [3.8, 4) is 5.75 Å². The lowest BCUT2D eigenvalue weighted by molar-refractivity contribution is -0.160. The highest BCUT2D eigenvalue weighted by Crippen LogP contribution is 2.33. The van der Waals surface area contributed by atoms with E-state index in [1.165, 1.54) is 43.2 Å². The number of nitrogens with zero attached hydrogens (tertiary/aromatic N) is 3. The molecule has 19 atom stereocenters. The summed E-state index contributed by atoms with van der Waals surface area (Å²) in [6.07, 6.45) is -18.0. The first-order chi connectivity index (χ1) is 57.1. The summed E-state index contributed by atoms with van der Waals surface area (Å²) in [5, 5.41) is 147. The maximum atomic E-state index is 15.0. The number of aliphatic carboxylic acids is 2. The molecule has 0 bridgehead atoms. The third kappa shape index (κ3) is 38.3. The maximum absolute atomic E-state index is 15.0. The first-order valence-electron chi connectivity index (χ1n) is 39.8. The van der Waals surface area contributed by atoms with Crippen molar-refractivity contribution in [3.05, 3.63) is 45.9 Å². The van der Waals surface area contributed by atoms with Crippen LogP contribution in [0.2, 0.25) is 0 Å². The molecule has 1 unspecified atom stereocenters. The van der Waals surface area contributed by atoms with E-state index in [4.69, 9.17) is 24.4 Å². The zero-order chi connectivity index (χ0) is 90.9. The molecule has 1 fully saturated rings. The summed E-state index contributed by atoms with van der Waals surface area (Å²) >= 11 is 0.991. The number of piperidine rings is 1. The van der Waals surface area contributed by atoms with Gasteiger partial charge in [-0.3, -0.25) is 67.9 Å². The number of aliphatic hydroxyl groups excluding tert-OH is 10. The van der Waals surface area contributed by atoms with Crippen LogP contribution in [0.15, 0.2) is 29.6 Å². The zero-order valence-corrected chi connectivity index (χ0v) is 71.7. The minimum atomic E-state index is -2.10. The molecule has 1 aromatic heterocycles. The van der Waals surface area contributed by atoms with Crippen LogP contribution in [0.1, 0.15) is 172 Å². The monoisotopic (exact) mass is 1780 g/mol. The van der Waals surface area contributed by atoms with Gasteiger partial charge in [-0.25, -0.2) is 20.0 Å². The van der Waals surface area contributed by atoms with E-state index in [1.54, 1.807) is 19.1 Å². The molecule has 0 radical (unpaired) electrons. The molecule has 10 amide bonds. The molecule has 1 aliphatic rings. The summed E-state index contributed by atoms with van der Waals surface area (Å²) in [7, 11) is 3.66. The number of carboxylic acids is 2. The van der Waals surface area contributed by atoms with Crippen LogP contribution < -0.4 is 48.1 Å². The highest BCUT2D eigenvalue weighted by atomic mass is 33.1. The van der Waals surface area contributed by atoms with Crippen LogP contribution in [0, 0.1) is 23.7 Å². The molecule has 0 aliphatic carbocycles. The molecule has 2 heterocycles. The number of hydrogen-bond donors (Lipinski definition) is 22. The lowest BCUT2D eigenvalue weighted by atomic mass is 9.92. The summed E-state index contributed by atoms with van der Waals surface area (Å²) in [6, 6.07) is -2.45. The summed E-state index contributed by atoms with van der Waals surface area (Å²) in [6.45, 7) is 9.66. The predicted octanol–water partition coefficient (Wildman–Crippen LogP) is -2.78. The second-order valence-corrected chi connectivity index (χ2v) is 33.5. The number of hydrazine groups is 1. The van der Waals surface area contributed by atoms with Crippen LogP contribution in [-0.2, 0) is 78.2 Å². The van der Waals surface area contributed by atoms with Crippen molar-refractivity contribution in [3.63, 3.8) is 0 Å². The van der Waals surface area contributed by atoms with Gasteiger partial charge < -0.3 is 123 Å². The van der Waals surface area contributed by atoms with Crippen LogP contribution in [0.25, 0.3) is 0 Å². The van der Waals surface area contributed by atoms with Crippen molar-refractivity contribution in [2.24, 2.45) is 23.7 Å². The first-order valence-corrected chi connectivity index (χ1v) is 43.1. The molecule has 42 nitrogen and oxygen atoms in total. The number of hydrogen-bond acceptors (Lipinski definition) is 33. The number of amides is 10. The molecule has 1 saturated heterocycles. The average molecular weight is 1780 g/mol. The minimum Gasteiger partial charge on any atom is -0.508 e. The SMILES string of the molecule is CCCC(=O)OCN(C(=O)[C@@H](NC(=O)[C@H]1CCCCN1C)C(C)CC)[C@H](C[C@@H](OC(C)=O)c1nc(C(=O)N[C@@H](Cc2ccc(O)cc2)C[C@H](C)C(=O)NNC(=O)OCCSSC[C@H](NC(=O)[C@H](CCC(=O)NC[C@H](O)[C@@H](O)[C@H](O)[C@H](O)CO)NC(=O)[C@H](CCC(=O)O)NC(=O)[C@@H](C)CCC(=O)NC[C@H](O)[C@@H](O)[C@H](O)[C@H](O)CO)C(=O)O)cs1)C(C)C. The number of carboxylic acid groups (broad SMARTS) is 2. The van der Waals surface area contributed by atoms with Gasteiger partial charge in [0.25, 0.3) is 5.91 Å². The fourth-order valence-corrected chi connectivity index (χ4v) is 15.1. The van der Waals surface area contributed by atoms with E-state index in [9.17, 15) is 119 Å². The number of carbonyl (C=O) groups is 14. The molecule has 3 rings (SSSR count). The van der Waals surface area contributed by atoms with E-state index in [0.717, 1.165) is 45.8 Å². The van der Waals surface area contributed by atoms with Crippen LogP contribution in [0.4, 0.5) is 4.79 Å². The molecule has 684 valence electrons. The minimum absolute atomic E-state index is 0.0302. The second kappa shape index (κ2) is 55.4.